The highest BCUT2D eigenvalue weighted by atomic mass is 16.5. The van der Waals surface area contributed by atoms with Crippen LogP contribution in [-0.2, 0) is 13.0 Å². The molecule has 3 rings (SSSR count). The molecule has 0 amide bonds. The quantitative estimate of drug-likeness (QED) is 0.874. The number of rotatable bonds is 5. The number of aliphatic hydroxyl groups is 1. The van der Waals surface area contributed by atoms with Crippen molar-refractivity contribution in [3.63, 3.8) is 0 Å². The number of aryl methyl sites for hydroxylation is 1. The molecule has 1 heterocycles. The van der Waals surface area contributed by atoms with Crippen molar-refractivity contribution in [3.8, 4) is 5.75 Å². The molecule has 1 aromatic heterocycles. The summed E-state index contributed by atoms with van der Waals surface area (Å²) in [7, 11) is 1.68. The number of ether oxygens (including phenoxy) is 1. The van der Waals surface area contributed by atoms with Crippen LogP contribution in [0.3, 0.4) is 0 Å². The predicted octanol–water partition coefficient (Wildman–Crippen LogP) is 1.85. The Balaban J connectivity index is 1.83. The Morgan fingerprint density at radius 3 is 2.83 bits per heavy atom. The Labute approximate surface area is 142 Å². The van der Waals surface area contributed by atoms with Gasteiger partial charge in [0.05, 0.1) is 13.2 Å². The van der Waals surface area contributed by atoms with E-state index in [-0.39, 0.29) is 12.0 Å². The molecule has 0 unspecified atom stereocenters. The second kappa shape index (κ2) is 7.32. The third kappa shape index (κ3) is 3.44. The van der Waals surface area contributed by atoms with Crippen molar-refractivity contribution in [3.05, 3.63) is 41.5 Å². The van der Waals surface area contributed by atoms with Crippen LogP contribution in [0.4, 0.5) is 0 Å². The molecule has 0 radical (unpaired) electrons. The summed E-state index contributed by atoms with van der Waals surface area (Å²) < 4.78 is 7.39. The summed E-state index contributed by atoms with van der Waals surface area (Å²) in [4.78, 5) is 4.79. The Bertz CT molecular complexity index is 685. The first-order valence-corrected chi connectivity index (χ1v) is 8.61. The number of aliphatic hydroxyl groups excluding tert-OH is 1. The van der Waals surface area contributed by atoms with Crippen LogP contribution in [0.1, 0.15) is 49.3 Å². The van der Waals surface area contributed by atoms with Crippen molar-refractivity contribution in [2.24, 2.45) is 5.73 Å². The minimum atomic E-state index is -0.396. The molecule has 0 spiro atoms. The zero-order chi connectivity index (χ0) is 17.1. The van der Waals surface area contributed by atoms with Crippen LogP contribution in [0.2, 0.25) is 0 Å². The van der Waals surface area contributed by atoms with Crippen molar-refractivity contribution in [2.45, 2.75) is 57.2 Å². The van der Waals surface area contributed by atoms with Crippen LogP contribution >= 0.6 is 0 Å². The average Bonchev–Trinajstić information content (AvgIpc) is 3.00. The monoisotopic (exact) mass is 330 g/mol. The summed E-state index contributed by atoms with van der Waals surface area (Å²) in [5.41, 5.74) is 7.12. The predicted molar refractivity (Wildman–Crippen MR) is 92.1 cm³/mol. The van der Waals surface area contributed by atoms with E-state index < -0.39 is 6.10 Å². The van der Waals surface area contributed by atoms with E-state index >= 15 is 0 Å². The Morgan fingerprint density at radius 1 is 1.33 bits per heavy atom. The van der Waals surface area contributed by atoms with E-state index in [9.17, 15) is 5.11 Å². The fourth-order valence-corrected chi connectivity index (χ4v) is 3.46. The molecule has 1 aliphatic rings. The topological polar surface area (TPSA) is 86.2 Å². The summed E-state index contributed by atoms with van der Waals surface area (Å²) in [6.45, 7) is 2.85. The first-order chi connectivity index (χ1) is 11.6. The van der Waals surface area contributed by atoms with Gasteiger partial charge >= 0.3 is 0 Å². The van der Waals surface area contributed by atoms with Crippen LogP contribution in [0.25, 0.3) is 0 Å². The number of hydrogen-bond acceptors (Lipinski definition) is 5. The molecule has 1 fully saturated rings. The number of methoxy groups -OCH3 is 1. The Morgan fingerprint density at radius 2 is 2.12 bits per heavy atom. The van der Waals surface area contributed by atoms with Crippen LogP contribution in [-0.4, -0.2) is 39.1 Å². The van der Waals surface area contributed by atoms with E-state index in [1.807, 2.05) is 28.9 Å². The summed E-state index contributed by atoms with van der Waals surface area (Å²) in [5, 5.41) is 14.5. The zero-order valence-electron chi connectivity index (χ0n) is 14.4. The van der Waals surface area contributed by atoms with Gasteiger partial charge in [0.15, 0.2) is 5.82 Å². The fraction of sp³-hybridized carbons (Fsp3) is 0.556. The highest BCUT2D eigenvalue weighted by Crippen LogP contribution is 2.32. The second-order valence-corrected chi connectivity index (χ2v) is 6.43. The number of nitrogens with zero attached hydrogens (tertiary/aromatic N) is 3. The first-order valence-electron chi connectivity index (χ1n) is 8.61. The first kappa shape index (κ1) is 16.9. The van der Waals surface area contributed by atoms with Gasteiger partial charge in [-0.2, -0.15) is 5.10 Å². The lowest BCUT2D eigenvalue weighted by Gasteiger charge is -2.30. The third-order valence-electron chi connectivity index (χ3n) is 4.81. The lowest BCUT2D eigenvalue weighted by atomic mass is 9.83. The number of nitrogens with two attached hydrogens (primary N) is 1. The molecule has 0 aliphatic heterocycles. The SMILES string of the molecule is CCn1nc(Cc2ccccc2OC)nc1[C@H]1CC[C@@H](O)[C@H](N)C1. The van der Waals surface area contributed by atoms with Gasteiger partial charge in [-0.15, -0.1) is 0 Å². The smallest absolute Gasteiger partial charge is 0.155 e. The van der Waals surface area contributed by atoms with Crippen molar-refractivity contribution < 1.29 is 9.84 Å². The molecular formula is C18H26N4O2. The maximum atomic E-state index is 9.84. The lowest BCUT2D eigenvalue weighted by molar-refractivity contribution is 0.0985. The molecule has 130 valence electrons. The van der Waals surface area contributed by atoms with Gasteiger partial charge in [-0.05, 0) is 32.3 Å². The Hall–Kier alpha value is -1.92. The minimum absolute atomic E-state index is 0.177. The number of para-hydroxylation sites is 1. The molecule has 1 saturated carbocycles. The maximum Gasteiger partial charge on any atom is 0.155 e. The number of aromatic nitrogens is 3. The normalized spacial score (nSPS) is 24.1. The summed E-state index contributed by atoms with van der Waals surface area (Å²) in [5.74, 6) is 2.91. The molecule has 0 saturated heterocycles. The zero-order valence-corrected chi connectivity index (χ0v) is 14.4. The van der Waals surface area contributed by atoms with Crippen LogP contribution < -0.4 is 10.5 Å². The van der Waals surface area contributed by atoms with Gasteiger partial charge in [0.1, 0.15) is 11.6 Å². The standard InChI is InChI=1S/C18H26N4O2/c1-3-22-18(13-8-9-15(23)14(19)10-13)20-17(21-22)11-12-6-4-5-7-16(12)24-2/h4-7,13-15,23H,3,8-11,19H2,1-2H3/t13-,14+,15+/m0/s1. The molecule has 1 aromatic carbocycles. The maximum absolute atomic E-state index is 9.84. The van der Waals surface area contributed by atoms with Gasteiger partial charge in [-0.3, -0.25) is 0 Å². The highest BCUT2D eigenvalue weighted by Gasteiger charge is 2.30. The van der Waals surface area contributed by atoms with Gasteiger partial charge in [0, 0.05) is 30.5 Å². The number of benzene rings is 1. The van der Waals surface area contributed by atoms with E-state index in [2.05, 4.69) is 12.0 Å². The van der Waals surface area contributed by atoms with Crippen molar-refractivity contribution >= 4 is 0 Å². The number of hydrogen-bond donors (Lipinski definition) is 2. The highest BCUT2D eigenvalue weighted by molar-refractivity contribution is 5.35. The van der Waals surface area contributed by atoms with Gasteiger partial charge in [-0.25, -0.2) is 9.67 Å². The molecule has 6 heteroatoms. The molecular weight excluding hydrogens is 304 g/mol. The lowest BCUT2D eigenvalue weighted by Crippen LogP contribution is -2.40. The molecule has 1 aliphatic carbocycles. The largest absolute Gasteiger partial charge is 0.496 e. The van der Waals surface area contributed by atoms with Crippen molar-refractivity contribution in [1.82, 2.24) is 14.8 Å². The van der Waals surface area contributed by atoms with Crippen molar-refractivity contribution in [2.75, 3.05) is 7.11 Å². The molecule has 3 N–H and O–H groups in total. The van der Waals surface area contributed by atoms with Gasteiger partial charge < -0.3 is 15.6 Å². The van der Waals surface area contributed by atoms with Gasteiger partial charge in [-0.1, -0.05) is 18.2 Å². The van der Waals surface area contributed by atoms with E-state index in [1.165, 1.54) is 0 Å². The van der Waals surface area contributed by atoms with Gasteiger partial charge in [0.25, 0.3) is 0 Å². The molecule has 2 aromatic rings. The second-order valence-electron chi connectivity index (χ2n) is 6.43. The van der Waals surface area contributed by atoms with E-state index in [0.717, 1.165) is 48.8 Å². The minimum Gasteiger partial charge on any atom is -0.496 e. The van der Waals surface area contributed by atoms with E-state index in [0.29, 0.717) is 6.42 Å². The van der Waals surface area contributed by atoms with Crippen molar-refractivity contribution in [1.29, 1.82) is 0 Å². The average molecular weight is 330 g/mol. The van der Waals surface area contributed by atoms with Crippen LogP contribution in [0.15, 0.2) is 24.3 Å². The Kier molecular flexibility index (Phi) is 5.16. The summed E-state index contributed by atoms with van der Waals surface area (Å²) in [6, 6.07) is 7.77. The molecule has 3 atom stereocenters. The summed E-state index contributed by atoms with van der Waals surface area (Å²) in [6.07, 6.45) is 2.64. The van der Waals surface area contributed by atoms with Crippen LogP contribution in [0.5, 0.6) is 5.75 Å². The van der Waals surface area contributed by atoms with E-state index in [4.69, 9.17) is 15.5 Å². The summed E-state index contributed by atoms with van der Waals surface area (Å²) >= 11 is 0. The van der Waals surface area contributed by atoms with Gasteiger partial charge in [0.2, 0.25) is 0 Å². The third-order valence-corrected chi connectivity index (χ3v) is 4.81. The molecule has 0 bridgehead atoms. The fourth-order valence-electron chi connectivity index (χ4n) is 3.46. The molecule has 6 nitrogen and oxygen atoms in total. The molecule has 24 heavy (non-hydrogen) atoms. The van der Waals surface area contributed by atoms with E-state index in [1.54, 1.807) is 7.11 Å². The van der Waals surface area contributed by atoms with Crippen LogP contribution in [0, 0.1) is 0 Å².